The molecule has 126 valence electrons. The predicted octanol–water partition coefficient (Wildman–Crippen LogP) is 3.23. The molecule has 6 nitrogen and oxygen atoms in total. The average Bonchev–Trinajstić information content (AvgIpc) is 3.05. The summed E-state index contributed by atoms with van der Waals surface area (Å²) in [7, 11) is 1.63. The van der Waals surface area contributed by atoms with Gasteiger partial charge in [0, 0.05) is 13.2 Å². The van der Waals surface area contributed by atoms with Gasteiger partial charge in [0.15, 0.2) is 5.65 Å². The highest BCUT2D eigenvalue weighted by molar-refractivity contribution is 6.35. The Balaban J connectivity index is 1.59. The summed E-state index contributed by atoms with van der Waals surface area (Å²) in [6.07, 6.45) is 1.14. The van der Waals surface area contributed by atoms with E-state index in [1.807, 2.05) is 30.3 Å². The number of fused-ring (bicyclic) bond motifs is 1. The summed E-state index contributed by atoms with van der Waals surface area (Å²) in [6, 6.07) is 11.2. The molecule has 3 aromatic rings. The predicted molar refractivity (Wildman–Crippen MR) is 95.0 cm³/mol. The first-order chi connectivity index (χ1) is 12.1. The van der Waals surface area contributed by atoms with E-state index >= 15 is 0 Å². The number of hydrogen-bond acceptors (Lipinski definition) is 4. The molecule has 0 fully saturated rings. The van der Waals surface area contributed by atoms with Crippen LogP contribution < -0.4 is 0 Å². The van der Waals surface area contributed by atoms with Crippen LogP contribution in [0.3, 0.4) is 0 Å². The van der Waals surface area contributed by atoms with Crippen molar-refractivity contribution in [2.75, 3.05) is 13.6 Å². The number of benzene rings is 1. The van der Waals surface area contributed by atoms with Gasteiger partial charge in [0.05, 0.1) is 17.0 Å². The molecule has 3 rings (SSSR count). The van der Waals surface area contributed by atoms with Gasteiger partial charge in [-0.2, -0.15) is 5.10 Å². The van der Waals surface area contributed by atoms with Gasteiger partial charge in [-0.1, -0.05) is 47.9 Å². The first kappa shape index (κ1) is 16.8. The van der Waals surface area contributed by atoms with Crippen molar-refractivity contribution in [2.45, 2.75) is 6.61 Å². The second kappa shape index (κ2) is 7.69. The van der Waals surface area contributed by atoms with Crippen molar-refractivity contribution >= 4 is 28.7 Å². The van der Waals surface area contributed by atoms with Gasteiger partial charge >= 0.3 is 6.09 Å². The van der Waals surface area contributed by atoms with Crippen LogP contribution in [0, 0.1) is 11.8 Å². The zero-order valence-electron chi connectivity index (χ0n) is 13.5. The normalized spacial score (nSPS) is 10.2. The molecule has 1 N–H and O–H groups in total. The minimum absolute atomic E-state index is 0.214. The highest BCUT2D eigenvalue weighted by Crippen LogP contribution is 2.22. The minimum atomic E-state index is -0.438. The number of carbonyl (C=O) groups is 1. The SMILES string of the molecule is CN(CC#Cc1[nH]nc2nccc(Cl)c12)C(=O)OCc1ccccc1. The van der Waals surface area contributed by atoms with Crippen LogP contribution in [0.1, 0.15) is 11.3 Å². The Labute approximate surface area is 149 Å². The van der Waals surface area contributed by atoms with E-state index in [0.717, 1.165) is 5.56 Å². The van der Waals surface area contributed by atoms with Crippen LogP contribution in [-0.4, -0.2) is 39.8 Å². The molecule has 25 heavy (non-hydrogen) atoms. The monoisotopic (exact) mass is 354 g/mol. The fourth-order valence-electron chi connectivity index (χ4n) is 2.14. The first-order valence-corrected chi connectivity index (χ1v) is 7.92. The second-order valence-electron chi connectivity index (χ2n) is 5.29. The first-order valence-electron chi connectivity index (χ1n) is 7.54. The lowest BCUT2D eigenvalue weighted by Crippen LogP contribution is -2.27. The van der Waals surface area contributed by atoms with Gasteiger partial charge in [-0.25, -0.2) is 9.78 Å². The van der Waals surface area contributed by atoms with E-state index in [4.69, 9.17) is 16.3 Å². The zero-order valence-corrected chi connectivity index (χ0v) is 14.2. The summed E-state index contributed by atoms with van der Waals surface area (Å²) in [5.41, 5.74) is 2.01. The van der Waals surface area contributed by atoms with E-state index in [0.29, 0.717) is 21.7 Å². The Hall–Kier alpha value is -3.04. The van der Waals surface area contributed by atoms with E-state index in [1.54, 1.807) is 19.3 Å². The number of pyridine rings is 1. The summed E-state index contributed by atoms with van der Waals surface area (Å²) >= 11 is 6.14. The lowest BCUT2D eigenvalue weighted by molar-refractivity contribution is 0.109. The fourth-order valence-corrected chi connectivity index (χ4v) is 2.38. The standard InChI is InChI=1S/C18H15ClN4O2/c1-23(18(24)25-12-13-6-3-2-4-7-13)11-5-8-15-16-14(19)9-10-20-17(16)22-21-15/h2-4,6-7,9-10H,11-12H2,1H3,(H,20,21,22). The molecule has 0 aliphatic heterocycles. The van der Waals surface area contributed by atoms with E-state index in [9.17, 15) is 4.79 Å². The number of aromatic nitrogens is 3. The largest absolute Gasteiger partial charge is 0.445 e. The molecule has 0 radical (unpaired) electrons. The maximum absolute atomic E-state index is 12.0. The van der Waals surface area contributed by atoms with Crippen LogP contribution >= 0.6 is 11.6 Å². The van der Waals surface area contributed by atoms with Crippen LogP contribution in [0.25, 0.3) is 11.0 Å². The zero-order chi connectivity index (χ0) is 17.6. The van der Waals surface area contributed by atoms with Crippen molar-refractivity contribution < 1.29 is 9.53 Å². The molecule has 0 atom stereocenters. The number of halogens is 1. The topological polar surface area (TPSA) is 71.1 Å². The molecule has 0 aliphatic rings. The van der Waals surface area contributed by atoms with E-state index in [1.165, 1.54) is 4.90 Å². The lowest BCUT2D eigenvalue weighted by Gasteiger charge is -2.13. The smallest absolute Gasteiger partial charge is 0.410 e. The van der Waals surface area contributed by atoms with Gasteiger partial charge in [-0.05, 0) is 17.6 Å². The van der Waals surface area contributed by atoms with Crippen molar-refractivity contribution in [3.05, 3.63) is 58.9 Å². The second-order valence-corrected chi connectivity index (χ2v) is 5.70. The van der Waals surface area contributed by atoms with Crippen molar-refractivity contribution in [1.82, 2.24) is 20.1 Å². The van der Waals surface area contributed by atoms with E-state index in [2.05, 4.69) is 27.0 Å². The van der Waals surface area contributed by atoms with Gasteiger partial charge < -0.3 is 9.64 Å². The molecule has 0 bridgehead atoms. The Morgan fingerprint density at radius 3 is 2.92 bits per heavy atom. The van der Waals surface area contributed by atoms with Crippen molar-refractivity contribution in [3.63, 3.8) is 0 Å². The third kappa shape index (κ3) is 4.08. The van der Waals surface area contributed by atoms with E-state index in [-0.39, 0.29) is 13.2 Å². The highest BCUT2D eigenvalue weighted by Gasteiger charge is 2.10. The van der Waals surface area contributed by atoms with E-state index < -0.39 is 6.09 Å². The van der Waals surface area contributed by atoms with Crippen LogP contribution in [0.4, 0.5) is 4.79 Å². The number of aromatic amines is 1. The lowest BCUT2D eigenvalue weighted by atomic mass is 10.2. The fraction of sp³-hybridized carbons (Fsp3) is 0.167. The third-order valence-electron chi connectivity index (χ3n) is 3.45. The maximum Gasteiger partial charge on any atom is 0.410 e. The number of ether oxygens (including phenoxy) is 1. The van der Waals surface area contributed by atoms with Gasteiger partial charge in [0.25, 0.3) is 0 Å². The quantitative estimate of drug-likeness (QED) is 0.733. The Morgan fingerprint density at radius 1 is 1.32 bits per heavy atom. The van der Waals surface area contributed by atoms with Crippen LogP contribution in [0.5, 0.6) is 0 Å². The number of amides is 1. The molecule has 0 saturated carbocycles. The van der Waals surface area contributed by atoms with Gasteiger partial charge in [-0.3, -0.25) is 5.10 Å². The Bertz CT molecular complexity index is 944. The Morgan fingerprint density at radius 2 is 2.12 bits per heavy atom. The summed E-state index contributed by atoms with van der Waals surface area (Å²) in [5, 5.41) is 8.04. The molecule has 0 spiro atoms. The molecule has 0 aliphatic carbocycles. The Kier molecular flexibility index (Phi) is 5.17. The molecule has 1 aromatic carbocycles. The van der Waals surface area contributed by atoms with Gasteiger partial charge in [-0.15, -0.1) is 0 Å². The van der Waals surface area contributed by atoms with Crippen molar-refractivity contribution in [2.24, 2.45) is 0 Å². The summed E-state index contributed by atoms with van der Waals surface area (Å²) < 4.78 is 5.23. The van der Waals surface area contributed by atoms with Crippen molar-refractivity contribution in [3.8, 4) is 11.8 Å². The summed E-state index contributed by atoms with van der Waals surface area (Å²) in [6.45, 7) is 0.440. The molecule has 2 aromatic heterocycles. The molecule has 2 heterocycles. The maximum atomic E-state index is 12.0. The summed E-state index contributed by atoms with van der Waals surface area (Å²) in [5.74, 6) is 5.83. The minimum Gasteiger partial charge on any atom is -0.445 e. The summed E-state index contributed by atoms with van der Waals surface area (Å²) in [4.78, 5) is 17.5. The third-order valence-corrected chi connectivity index (χ3v) is 3.77. The van der Waals surface area contributed by atoms with Gasteiger partial charge in [0.1, 0.15) is 12.3 Å². The van der Waals surface area contributed by atoms with Crippen LogP contribution in [-0.2, 0) is 11.3 Å². The molecule has 1 amide bonds. The molecule has 0 saturated heterocycles. The molecule has 7 heteroatoms. The molecule has 0 unspecified atom stereocenters. The number of nitrogens with one attached hydrogen (secondary N) is 1. The number of nitrogens with zero attached hydrogens (tertiary/aromatic N) is 3. The number of H-pyrrole nitrogens is 1. The number of hydrogen-bond donors (Lipinski definition) is 1. The van der Waals surface area contributed by atoms with Crippen molar-refractivity contribution in [1.29, 1.82) is 0 Å². The molecular weight excluding hydrogens is 340 g/mol. The van der Waals surface area contributed by atoms with Crippen LogP contribution in [0.15, 0.2) is 42.6 Å². The molecular formula is C18H15ClN4O2. The number of carbonyl (C=O) groups excluding carboxylic acids is 1. The van der Waals surface area contributed by atoms with Gasteiger partial charge in [0.2, 0.25) is 0 Å². The average molecular weight is 355 g/mol. The number of rotatable bonds is 3. The van der Waals surface area contributed by atoms with Crippen LogP contribution in [0.2, 0.25) is 5.02 Å². The highest BCUT2D eigenvalue weighted by atomic mass is 35.5.